The van der Waals surface area contributed by atoms with Crippen molar-refractivity contribution in [2.24, 2.45) is 0 Å². The van der Waals surface area contributed by atoms with Crippen molar-refractivity contribution >= 4 is 58.1 Å². The van der Waals surface area contributed by atoms with E-state index in [1.54, 1.807) is 18.2 Å². The predicted molar refractivity (Wildman–Crippen MR) is 176 cm³/mol. The molecule has 4 rings (SSSR count). The van der Waals surface area contributed by atoms with Gasteiger partial charge in [-0.3, -0.25) is 14.4 Å². The zero-order valence-electron chi connectivity index (χ0n) is 25.9. The van der Waals surface area contributed by atoms with Gasteiger partial charge in [-0.05, 0) is 56.7 Å². The van der Waals surface area contributed by atoms with Gasteiger partial charge in [0.2, 0.25) is 17.7 Å². The molecule has 0 spiro atoms. The fraction of sp³-hybridized carbons (Fsp3) is 0.562. The van der Waals surface area contributed by atoms with Crippen LogP contribution in [0.3, 0.4) is 0 Å². The van der Waals surface area contributed by atoms with Gasteiger partial charge in [0.1, 0.15) is 5.75 Å². The molecular weight excluding hydrogens is 612 g/mol. The Morgan fingerprint density at radius 3 is 2.17 bits per heavy atom. The van der Waals surface area contributed by atoms with E-state index in [0.29, 0.717) is 60.6 Å². The second-order valence-electron chi connectivity index (χ2n) is 11.8. The Bertz CT molecular complexity index is 1410. The molecule has 5 amide bonds. The monoisotopic (exact) mass is 656 g/mol. The molecule has 0 unspecified atom stereocenters. The lowest BCUT2D eigenvalue weighted by Gasteiger charge is -2.16. The molecular formula is C32H44N6O7S. The summed E-state index contributed by atoms with van der Waals surface area (Å²) >= 11 is 1.89. The number of carbonyl (C=O) groups is 5. The van der Waals surface area contributed by atoms with E-state index in [-0.39, 0.29) is 47.3 Å². The van der Waals surface area contributed by atoms with Gasteiger partial charge in [0.05, 0.1) is 17.6 Å². The van der Waals surface area contributed by atoms with E-state index in [1.807, 2.05) is 11.8 Å². The zero-order chi connectivity index (χ0) is 32.9. The topological polar surface area (TPSA) is 199 Å². The third-order valence-electron chi connectivity index (χ3n) is 8.18. The maximum Gasteiger partial charge on any atom is 0.354 e. The summed E-state index contributed by atoms with van der Waals surface area (Å²) in [5.74, 6) is -0.619. The van der Waals surface area contributed by atoms with Crippen molar-refractivity contribution in [1.82, 2.24) is 26.3 Å². The molecule has 1 aromatic carbocycles. The lowest BCUT2D eigenvalue weighted by molar-refractivity contribution is -0.122. The Morgan fingerprint density at radius 1 is 0.848 bits per heavy atom. The number of aromatic nitrogens is 1. The van der Waals surface area contributed by atoms with Crippen molar-refractivity contribution in [3.63, 3.8) is 0 Å². The van der Waals surface area contributed by atoms with Crippen molar-refractivity contribution < 1.29 is 34.2 Å². The number of nitrogens with one attached hydrogen (secondary N) is 5. The molecule has 2 aliphatic rings. The first kappa shape index (κ1) is 34.8. The van der Waals surface area contributed by atoms with Gasteiger partial charge in [-0.1, -0.05) is 19.3 Å². The van der Waals surface area contributed by atoms with Gasteiger partial charge in [-0.15, -0.1) is 0 Å². The van der Waals surface area contributed by atoms with Crippen LogP contribution in [0.5, 0.6) is 5.75 Å². The minimum absolute atomic E-state index is 0.00555. The number of amides is 5. The van der Waals surface area contributed by atoms with Gasteiger partial charge < -0.3 is 36.8 Å². The summed E-state index contributed by atoms with van der Waals surface area (Å²) in [7, 11) is 0. The number of carboxylic acids is 1. The third-order valence-corrected chi connectivity index (χ3v) is 9.68. The summed E-state index contributed by atoms with van der Waals surface area (Å²) in [6, 6.07) is 6.15. The molecule has 0 bridgehead atoms. The first-order valence-corrected chi connectivity index (χ1v) is 17.1. The van der Waals surface area contributed by atoms with Crippen LogP contribution >= 0.6 is 11.8 Å². The summed E-state index contributed by atoms with van der Waals surface area (Å²) in [5, 5.41) is 34.6. The normalized spacial score (nSPS) is 18.4. The highest BCUT2D eigenvalue weighted by atomic mass is 32.2. The lowest BCUT2D eigenvalue weighted by Crippen LogP contribution is -2.36. The summed E-state index contributed by atoms with van der Waals surface area (Å²) in [6.07, 6.45) is 8.73. The quantitative estimate of drug-likeness (QED) is 0.0871. The maximum atomic E-state index is 12.3. The average molecular weight is 657 g/mol. The maximum absolute atomic E-state index is 12.3. The van der Waals surface area contributed by atoms with Gasteiger partial charge in [0.25, 0.3) is 0 Å². The number of pyridine rings is 1. The first-order chi connectivity index (χ1) is 22.2. The number of urea groups is 1. The van der Waals surface area contributed by atoms with Crippen LogP contribution in [-0.2, 0) is 14.4 Å². The van der Waals surface area contributed by atoms with Crippen molar-refractivity contribution in [1.29, 1.82) is 0 Å². The molecule has 2 aromatic rings. The summed E-state index contributed by atoms with van der Waals surface area (Å²) in [6.45, 7) is 1.17. The Hall–Kier alpha value is -4.07. The number of fused-ring (bicyclic) bond motifs is 2. The SMILES string of the molecule is O=C(CCCCCNC(=O)CCCC[C@@H]1SC[C@@H]2NC(=O)N[C@@H]21)NCCCCCC(=O)Nc1ccc2nc(C(=O)O)cc(O)c2c1. The van der Waals surface area contributed by atoms with E-state index >= 15 is 0 Å². The van der Waals surface area contributed by atoms with Crippen LogP contribution in [0.4, 0.5) is 10.5 Å². The molecule has 2 fully saturated rings. The fourth-order valence-corrected chi connectivity index (χ4v) is 7.24. The summed E-state index contributed by atoms with van der Waals surface area (Å²) < 4.78 is 0. The van der Waals surface area contributed by atoms with Gasteiger partial charge in [0.15, 0.2) is 5.69 Å². The molecule has 2 saturated heterocycles. The van der Waals surface area contributed by atoms with Crippen LogP contribution in [0.1, 0.15) is 87.5 Å². The molecule has 13 nitrogen and oxygen atoms in total. The first-order valence-electron chi connectivity index (χ1n) is 16.1. The van der Waals surface area contributed by atoms with Crippen molar-refractivity contribution in [2.75, 3.05) is 24.2 Å². The summed E-state index contributed by atoms with van der Waals surface area (Å²) in [5.41, 5.74) is 0.541. The number of hydrogen-bond donors (Lipinski definition) is 7. The van der Waals surface area contributed by atoms with Crippen molar-refractivity contribution in [3.05, 3.63) is 30.0 Å². The molecule has 0 aliphatic carbocycles. The Balaban J connectivity index is 0.946. The van der Waals surface area contributed by atoms with E-state index in [1.165, 1.54) is 0 Å². The standard InChI is InChI=1S/C32H44N6O7S/c39-25-18-23(31(43)44)36-22-14-13-20(17-21(22)25)35-29(42)12-4-2-8-16-33-27(40)10-3-1-7-15-34-28(41)11-6-5-9-26-30-24(19-46-26)37-32(45)38-30/h13-14,17-18,24,26,30H,1-12,15-16,19H2,(H,33,40)(H,34,41)(H,35,42)(H,36,39)(H,43,44)(H2,37,38,45)/t24-,26-,30-/m0/s1. The zero-order valence-corrected chi connectivity index (χ0v) is 26.8. The predicted octanol–water partition coefficient (Wildman–Crippen LogP) is 3.66. The second kappa shape index (κ2) is 17.6. The van der Waals surface area contributed by atoms with E-state index in [2.05, 4.69) is 31.6 Å². The van der Waals surface area contributed by atoms with Crippen molar-refractivity contribution in [2.45, 2.75) is 94.4 Å². The lowest BCUT2D eigenvalue weighted by atomic mass is 10.0. The second-order valence-corrected chi connectivity index (χ2v) is 13.1. The van der Waals surface area contributed by atoms with Crippen LogP contribution in [0.2, 0.25) is 0 Å². The molecule has 250 valence electrons. The highest BCUT2D eigenvalue weighted by Crippen LogP contribution is 2.33. The molecule has 0 saturated carbocycles. The largest absolute Gasteiger partial charge is 0.507 e. The number of carboxylic acid groups (broad SMARTS) is 1. The number of aromatic carboxylic acids is 1. The molecule has 7 N–H and O–H groups in total. The number of rotatable bonds is 19. The van der Waals surface area contributed by atoms with E-state index < -0.39 is 5.97 Å². The Labute approximate surface area is 272 Å². The average Bonchev–Trinajstić information content (AvgIpc) is 3.58. The Kier molecular flexibility index (Phi) is 13.3. The molecule has 3 heterocycles. The number of hydrogen-bond acceptors (Lipinski definition) is 8. The van der Waals surface area contributed by atoms with Crippen molar-refractivity contribution in [3.8, 4) is 5.75 Å². The van der Waals surface area contributed by atoms with E-state index in [9.17, 15) is 29.1 Å². The number of unbranched alkanes of at least 4 members (excludes halogenated alkanes) is 5. The summed E-state index contributed by atoms with van der Waals surface area (Å²) in [4.78, 5) is 63.1. The van der Waals surface area contributed by atoms with Crippen LogP contribution in [0, 0.1) is 0 Å². The van der Waals surface area contributed by atoms with E-state index in [0.717, 1.165) is 63.2 Å². The minimum atomic E-state index is -1.24. The molecule has 2 aliphatic heterocycles. The molecule has 3 atom stereocenters. The molecule has 1 aromatic heterocycles. The molecule has 0 radical (unpaired) electrons. The van der Waals surface area contributed by atoms with Gasteiger partial charge in [0, 0.05) is 60.5 Å². The fourth-order valence-electron chi connectivity index (χ4n) is 5.70. The van der Waals surface area contributed by atoms with Gasteiger partial charge >= 0.3 is 12.0 Å². The highest BCUT2D eigenvalue weighted by molar-refractivity contribution is 8.00. The van der Waals surface area contributed by atoms with Gasteiger partial charge in [-0.2, -0.15) is 11.8 Å². The minimum Gasteiger partial charge on any atom is -0.507 e. The number of aromatic hydroxyl groups is 1. The molecule has 14 heteroatoms. The Morgan fingerprint density at radius 2 is 1.50 bits per heavy atom. The number of thioether (sulfide) groups is 1. The van der Waals surface area contributed by atoms with E-state index in [4.69, 9.17) is 5.11 Å². The number of benzene rings is 1. The van der Waals surface area contributed by atoms with Crippen LogP contribution in [0.15, 0.2) is 24.3 Å². The van der Waals surface area contributed by atoms with Crippen LogP contribution in [0.25, 0.3) is 10.9 Å². The number of nitrogens with zero attached hydrogens (tertiary/aromatic N) is 1. The third kappa shape index (κ3) is 10.8. The highest BCUT2D eigenvalue weighted by Gasteiger charge is 2.42. The van der Waals surface area contributed by atoms with Crippen LogP contribution in [-0.4, -0.2) is 81.1 Å². The smallest absolute Gasteiger partial charge is 0.354 e. The number of carbonyl (C=O) groups excluding carboxylic acids is 4. The molecule has 46 heavy (non-hydrogen) atoms. The number of anilines is 1. The van der Waals surface area contributed by atoms with Gasteiger partial charge in [-0.25, -0.2) is 14.6 Å². The van der Waals surface area contributed by atoms with Crippen LogP contribution < -0.4 is 26.6 Å².